The summed E-state index contributed by atoms with van der Waals surface area (Å²) in [7, 11) is 6.01. The summed E-state index contributed by atoms with van der Waals surface area (Å²) in [5.41, 5.74) is 0.0937. The molecule has 150 valence electrons. The zero-order chi connectivity index (χ0) is 19.0. The van der Waals surface area contributed by atoms with Crippen molar-refractivity contribution >= 4 is 11.9 Å². The standard InChI is InChI=1S/C19H37N5O2/c1-5-21-18(22-15-19(23(3)4)8-12-26-13-9-19)24-10-6-16(7-11-24)14-17(25)20-2/h16H,5-15H2,1-4H3,(H,20,25)(H,21,22). The Kier molecular flexibility index (Phi) is 8.15. The van der Waals surface area contributed by atoms with Gasteiger partial charge in [-0.05, 0) is 52.6 Å². The topological polar surface area (TPSA) is 69.2 Å². The number of rotatable bonds is 6. The highest BCUT2D eigenvalue weighted by Crippen LogP contribution is 2.27. The van der Waals surface area contributed by atoms with Crippen molar-refractivity contribution in [2.45, 2.75) is 44.6 Å². The summed E-state index contributed by atoms with van der Waals surface area (Å²) < 4.78 is 5.56. The lowest BCUT2D eigenvalue weighted by Gasteiger charge is -2.42. The molecule has 0 radical (unpaired) electrons. The number of piperidine rings is 1. The van der Waals surface area contributed by atoms with Gasteiger partial charge in [0.05, 0.1) is 6.54 Å². The Morgan fingerprint density at radius 2 is 1.92 bits per heavy atom. The lowest BCUT2D eigenvalue weighted by Crippen LogP contribution is -2.52. The number of carbonyl (C=O) groups is 1. The second-order valence-corrected chi connectivity index (χ2v) is 7.71. The van der Waals surface area contributed by atoms with Crippen LogP contribution in [0.2, 0.25) is 0 Å². The van der Waals surface area contributed by atoms with Crippen molar-refractivity contribution in [3.63, 3.8) is 0 Å². The number of carbonyl (C=O) groups excluding carboxylic acids is 1. The molecule has 7 heteroatoms. The van der Waals surface area contributed by atoms with Gasteiger partial charge < -0.3 is 25.2 Å². The van der Waals surface area contributed by atoms with Gasteiger partial charge in [0.2, 0.25) is 5.91 Å². The Hall–Kier alpha value is -1.34. The van der Waals surface area contributed by atoms with Crippen LogP contribution in [0.3, 0.4) is 0 Å². The molecule has 2 rings (SSSR count). The fourth-order valence-electron chi connectivity index (χ4n) is 3.86. The van der Waals surface area contributed by atoms with Crippen LogP contribution in [0.5, 0.6) is 0 Å². The number of nitrogens with zero attached hydrogens (tertiary/aromatic N) is 3. The van der Waals surface area contributed by atoms with Crippen LogP contribution in [0, 0.1) is 5.92 Å². The van der Waals surface area contributed by atoms with Crippen LogP contribution < -0.4 is 10.6 Å². The fraction of sp³-hybridized carbons (Fsp3) is 0.895. The first-order valence-electron chi connectivity index (χ1n) is 10.00. The Morgan fingerprint density at radius 3 is 2.46 bits per heavy atom. The van der Waals surface area contributed by atoms with Gasteiger partial charge in [-0.25, -0.2) is 0 Å². The summed E-state index contributed by atoms with van der Waals surface area (Å²) in [6.45, 7) is 7.34. The van der Waals surface area contributed by atoms with E-state index in [4.69, 9.17) is 9.73 Å². The van der Waals surface area contributed by atoms with E-state index in [2.05, 4.69) is 41.5 Å². The summed E-state index contributed by atoms with van der Waals surface area (Å²) in [5.74, 6) is 1.65. The van der Waals surface area contributed by atoms with E-state index >= 15 is 0 Å². The van der Waals surface area contributed by atoms with Gasteiger partial charge in [-0.15, -0.1) is 0 Å². The minimum absolute atomic E-state index is 0.0937. The van der Waals surface area contributed by atoms with Gasteiger partial charge in [0.1, 0.15) is 0 Å². The number of likely N-dealkylation sites (tertiary alicyclic amines) is 1. The summed E-state index contributed by atoms with van der Waals surface area (Å²) in [6, 6.07) is 0. The molecule has 0 aromatic carbocycles. The predicted molar refractivity (Wildman–Crippen MR) is 105 cm³/mol. The van der Waals surface area contributed by atoms with E-state index in [-0.39, 0.29) is 11.4 Å². The number of hydrogen-bond donors (Lipinski definition) is 2. The molecule has 1 amide bonds. The number of ether oxygens (including phenoxy) is 1. The molecular weight excluding hydrogens is 330 g/mol. The van der Waals surface area contributed by atoms with Gasteiger partial charge in [-0.3, -0.25) is 9.79 Å². The molecule has 0 aromatic heterocycles. The molecule has 7 nitrogen and oxygen atoms in total. The largest absolute Gasteiger partial charge is 0.381 e. The summed E-state index contributed by atoms with van der Waals surface area (Å²) in [6.07, 6.45) is 4.78. The molecule has 2 heterocycles. The molecule has 2 N–H and O–H groups in total. The normalized spacial score (nSPS) is 21.7. The van der Waals surface area contributed by atoms with E-state index in [0.717, 1.165) is 71.0 Å². The Balaban J connectivity index is 1.97. The second kappa shape index (κ2) is 10.1. The van der Waals surface area contributed by atoms with Crippen LogP contribution in [-0.2, 0) is 9.53 Å². The zero-order valence-corrected chi connectivity index (χ0v) is 17.0. The van der Waals surface area contributed by atoms with Crippen LogP contribution in [0.25, 0.3) is 0 Å². The maximum atomic E-state index is 11.6. The van der Waals surface area contributed by atoms with Crippen LogP contribution in [0.15, 0.2) is 4.99 Å². The van der Waals surface area contributed by atoms with Crippen molar-refractivity contribution in [2.75, 3.05) is 60.5 Å². The summed E-state index contributed by atoms with van der Waals surface area (Å²) >= 11 is 0. The third-order valence-corrected chi connectivity index (χ3v) is 5.90. The molecule has 2 saturated heterocycles. The number of amides is 1. The SMILES string of the molecule is CCNC(=NCC1(N(C)C)CCOCC1)N1CCC(CC(=O)NC)CC1. The quantitative estimate of drug-likeness (QED) is 0.539. The van der Waals surface area contributed by atoms with Gasteiger partial charge >= 0.3 is 0 Å². The number of aliphatic imine (C=N–C) groups is 1. The first-order chi connectivity index (χ1) is 12.5. The predicted octanol–water partition coefficient (Wildman–Crippen LogP) is 0.911. The fourth-order valence-corrected chi connectivity index (χ4v) is 3.86. The van der Waals surface area contributed by atoms with Crippen molar-refractivity contribution in [3.05, 3.63) is 0 Å². The minimum atomic E-state index is 0.0937. The molecule has 0 spiro atoms. The highest BCUT2D eigenvalue weighted by atomic mass is 16.5. The van der Waals surface area contributed by atoms with Crippen molar-refractivity contribution < 1.29 is 9.53 Å². The Labute approximate surface area is 158 Å². The third kappa shape index (κ3) is 5.58. The van der Waals surface area contributed by atoms with Crippen LogP contribution in [0.4, 0.5) is 0 Å². The lowest BCUT2D eigenvalue weighted by molar-refractivity contribution is -0.121. The molecule has 26 heavy (non-hydrogen) atoms. The molecule has 2 aliphatic rings. The highest BCUT2D eigenvalue weighted by molar-refractivity contribution is 5.80. The van der Waals surface area contributed by atoms with E-state index in [0.29, 0.717) is 12.3 Å². The molecule has 0 aromatic rings. The van der Waals surface area contributed by atoms with E-state index in [1.54, 1.807) is 7.05 Å². The van der Waals surface area contributed by atoms with E-state index < -0.39 is 0 Å². The molecule has 0 atom stereocenters. The summed E-state index contributed by atoms with van der Waals surface area (Å²) in [4.78, 5) is 21.3. The first kappa shape index (κ1) is 21.0. The second-order valence-electron chi connectivity index (χ2n) is 7.71. The minimum Gasteiger partial charge on any atom is -0.381 e. The highest BCUT2D eigenvalue weighted by Gasteiger charge is 2.35. The molecule has 2 fully saturated rings. The monoisotopic (exact) mass is 367 g/mol. The van der Waals surface area contributed by atoms with Crippen molar-refractivity contribution in [1.82, 2.24) is 20.4 Å². The van der Waals surface area contributed by atoms with E-state index in [1.165, 1.54) is 0 Å². The maximum Gasteiger partial charge on any atom is 0.220 e. The van der Waals surface area contributed by atoms with Crippen molar-refractivity contribution in [1.29, 1.82) is 0 Å². The van der Waals surface area contributed by atoms with Gasteiger partial charge in [0.25, 0.3) is 0 Å². The molecular formula is C19H37N5O2. The van der Waals surface area contributed by atoms with E-state index in [9.17, 15) is 4.79 Å². The van der Waals surface area contributed by atoms with Crippen molar-refractivity contribution in [2.24, 2.45) is 10.9 Å². The van der Waals surface area contributed by atoms with Gasteiger partial charge in [0, 0.05) is 51.9 Å². The third-order valence-electron chi connectivity index (χ3n) is 5.90. The van der Waals surface area contributed by atoms with Gasteiger partial charge in [0.15, 0.2) is 5.96 Å². The van der Waals surface area contributed by atoms with Crippen LogP contribution in [0.1, 0.15) is 39.0 Å². The van der Waals surface area contributed by atoms with Crippen molar-refractivity contribution in [3.8, 4) is 0 Å². The number of guanidine groups is 1. The smallest absolute Gasteiger partial charge is 0.220 e. The van der Waals surface area contributed by atoms with Gasteiger partial charge in [-0.2, -0.15) is 0 Å². The molecule has 0 unspecified atom stereocenters. The maximum absolute atomic E-state index is 11.6. The number of hydrogen-bond acceptors (Lipinski definition) is 4. The first-order valence-corrected chi connectivity index (χ1v) is 10.00. The molecule has 0 aliphatic carbocycles. The summed E-state index contributed by atoms with van der Waals surface area (Å²) in [5, 5.41) is 6.20. The van der Waals surface area contributed by atoms with Crippen LogP contribution in [-0.4, -0.2) is 87.7 Å². The average Bonchev–Trinajstić information content (AvgIpc) is 2.66. The average molecular weight is 368 g/mol. The van der Waals surface area contributed by atoms with Gasteiger partial charge in [-0.1, -0.05) is 0 Å². The molecule has 0 bridgehead atoms. The number of nitrogens with one attached hydrogen (secondary N) is 2. The lowest BCUT2D eigenvalue weighted by atomic mass is 9.89. The number of likely N-dealkylation sites (N-methyl/N-ethyl adjacent to an activating group) is 1. The Bertz CT molecular complexity index is 467. The molecule has 2 aliphatic heterocycles. The zero-order valence-electron chi connectivity index (χ0n) is 17.0. The van der Waals surface area contributed by atoms with Crippen LogP contribution >= 0.6 is 0 Å². The Morgan fingerprint density at radius 1 is 1.27 bits per heavy atom. The molecule has 0 saturated carbocycles. The van der Waals surface area contributed by atoms with E-state index in [1.807, 2.05) is 0 Å².